The first kappa shape index (κ1) is 20.8. The summed E-state index contributed by atoms with van der Waals surface area (Å²) in [5.74, 6) is -1.04. The number of esters is 1. The third kappa shape index (κ3) is 4.23. The number of carboxylic acids is 1. The molecule has 156 valence electrons. The van der Waals surface area contributed by atoms with Crippen molar-refractivity contribution < 1.29 is 19.4 Å². The van der Waals surface area contributed by atoms with Crippen molar-refractivity contribution in [2.45, 2.75) is 65.6 Å². The summed E-state index contributed by atoms with van der Waals surface area (Å²) >= 11 is 0. The highest BCUT2D eigenvalue weighted by Gasteiger charge is 2.33. The maximum atomic E-state index is 12.2. The lowest BCUT2D eigenvalue weighted by Gasteiger charge is -2.32. The molecule has 0 aliphatic carbocycles. The molecular weight excluding hydrogens is 374 g/mol. The molecule has 0 bridgehead atoms. The Hall–Kier alpha value is -2.97. The number of carboxylic acid groups (broad SMARTS) is 1. The Balaban J connectivity index is 1.88. The monoisotopic (exact) mass is 401 g/mol. The summed E-state index contributed by atoms with van der Waals surface area (Å²) in [4.78, 5) is 34.4. The molecular formula is C20H27N5O4. The van der Waals surface area contributed by atoms with Crippen molar-refractivity contribution in [1.29, 1.82) is 0 Å². The zero-order valence-electron chi connectivity index (χ0n) is 17.6. The molecule has 0 aromatic carbocycles. The number of rotatable bonds is 4. The van der Waals surface area contributed by atoms with Crippen molar-refractivity contribution in [2.24, 2.45) is 0 Å². The molecule has 3 heterocycles. The maximum absolute atomic E-state index is 12.2. The number of fused-ring (bicyclic) bond motifs is 1. The second-order valence-electron chi connectivity index (χ2n) is 8.61. The van der Waals surface area contributed by atoms with E-state index in [4.69, 9.17) is 4.74 Å². The minimum Gasteiger partial charge on any atom is -0.476 e. The molecule has 0 fully saturated rings. The van der Waals surface area contributed by atoms with Crippen molar-refractivity contribution in [2.75, 3.05) is 11.4 Å². The van der Waals surface area contributed by atoms with E-state index in [1.54, 1.807) is 25.5 Å². The van der Waals surface area contributed by atoms with Gasteiger partial charge in [0.25, 0.3) is 0 Å². The third-order valence-corrected chi connectivity index (χ3v) is 4.61. The first-order valence-electron chi connectivity index (χ1n) is 9.63. The van der Waals surface area contributed by atoms with Crippen LogP contribution in [0.25, 0.3) is 0 Å². The Bertz CT molecular complexity index is 928. The Morgan fingerprint density at radius 3 is 2.38 bits per heavy atom. The number of hydrogen-bond acceptors (Lipinski definition) is 7. The maximum Gasteiger partial charge on any atom is 0.356 e. The molecule has 2 aromatic rings. The van der Waals surface area contributed by atoms with Gasteiger partial charge < -0.3 is 14.7 Å². The molecule has 0 saturated carbocycles. The highest BCUT2D eigenvalue weighted by Crippen LogP contribution is 2.33. The molecule has 0 radical (unpaired) electrons. The van der Waals surface area contributed by atoms with Gasteiger partial charge in [-0.1, -0.05) is 6.92 Å². The second-order valence-corrected chi connectivity index (χ2v) is 8.61. The Labute approximate surface area is 169 Å². The lowest BCUT2D eigenvalue weighted by molar-refractivity contribution is 0.00684. The van der Waals surface area contributed by atoms with Crippen molar-refractivity contribution in [3.05, 3.63) is 34.9 Å². The van der Waals surface area contributed by atoms with Crippen LogP contribution in [0.15, 0.2) is 12.4 Å². The number of ether oxygens (including phenoxy) is 1. The topological polar surface area (TPSA) is 110 Å². The predicted molar refractivity (Wildman–Crippen MR) is 106 cm³/mol. The van der Waals surface area contributed by atoms with Crippen LogP contribution in [0.3, 0.4) is 0 Å². The van der Waals surface area contributed by atoms with E-state index in [1.165, 1.54) is 12.4 Å². The quantitative estimate of drug-likeness (QED) is 0.779. The van der Waals surface area contributed by atoms with E-state index in [0.29, 0.717) is 24.6 Å². The van der Waals surface area contributed by atoms with Crippen LogP contribution in [0, 0.1) is 0 Å². The first-order valence-corrected chi connectivity index (χ1v) is 9.63. The smallest absolute Gasteiger partial charge is 0.356 e. The molecule has 0 spiro atoms. The lowest BCUT2D eigenvalue weighted by Crippen LogP contribution is -2.35. The van der Waals surface area contributed by atoms with E-state index in [1.807, 2.05) is 25.7 Å². The Kier molecular flexibility index (Phi) is 5.34. The summed E-state index contributed by atoms with van der Waals surface area (Å²) in [6, 6.07) is 0.0650. The summed E-state index contributed by atoms with van der Waals surface area (Å²) in [5.41, 5.74) is 1.37. The van der Waals surface area contributed by atoms with E-state index < -0.39 is 17.5 Å². The second kappa shape index (κ2) is 7.46. The van der Waals surface area contributed by atoms with Gasteiger partial charge in [-0.15, -0.1) is 0 Å². The van der Waals surface area contributed by atoms with E-state index in [-0.39, 0.29) is 23.2 Å². The van der Waals surface area contributed by atoms with Crippen LogP contribution in [0.5, 0.6) is 0 Å². The average molecular weight is 401 g/mol. The van der Waals surface area contributed by atoms with E-state index in [9.17, 15) is 14.7 Å². The van der Waals surface area contributed by atoms with Gasteiger partial charge in [-0.05, 0) is 34.6 Å². The lowest BCUT2D eigenvalue weighted by atomic mass is 9.96. The fraction of sp³-hybridized carbons (Fsp3) is 0.550. The van der Waals surface area contributed by atoms with Crippen molar-refractivity contribution >= 4 is 17.9 Å². The van der Waals surface area contributed by atoms with Crippen LogP contribution in [0.4, 0.5) is 5.95 Å². The number of anilines is 1. The number of carbonyl (C=O) groups excluding carboxylic acids is 1. The molecule has 29 heavy (non-hydrogen) atoms. The van der Waals surface area contributed by atoms with Crippen LogP contribution in [0.1, 0.15) is 85.6 Å². The molecule has 0 saturated heterocycles. The standard InChI is InChI=1S/C20H27N5O4/c1-11(2)25-16-12(3)9-24(10-14(16)15(23-25)17(26)27)19-21-7-13(8-22-19)18(28)29-20(4,5)6/h7-8,11-12H,9-10H2,1-6H3,(H,26,27)/t12-/m0/s1. The predicted octanol–water partition coefficient (Wildman–Crippen LogP) is 3.03. The summed E-state index contributed by atoms with van der Waals surface area (Å²) in [6.07, 6.45) is 2.87. The summed E-state index contributed by atoms with van der Waals surface area (Å²) in [7, 11) is 0. The molecule has 0 amide bonds. The number of carbonyl (C=O) groups is 2. The van der Waals surface area contributed by atoms with E-state index in [0.717, 1.165) is 5.69 Å². The number of hydrogen-bond donors (Lipinski definition) is 1. The van der Waals surface area contributed by atoms with Gasteiger partial charge in [0.05, 0.1) is 12.1 Å². The zero-order chi connectivity index (χ0) is 21.5. The number of nitrogens with zero attached hydrogens (tertiary/aromatic N) is 5. The van der Waals surface area contributed by atoms with Crippen LogP contribution >= 0.6 is 0 Å². The third-order valence-electron chi connectivity index (χ3n) is 4.61. The van der Waals surface area contributed by atoms with E-state index >= 15 is 0 Å². The van der Waals surface area contributed by atoms with Gasteiger partial charge in [0.2, 0.25) is 5.95 Å². The highest BCUT2D eigenvalue weighted by molar-refractivity contribution is 5.89. The largest absolute Gasteiger partial charge is 0.476 e. The summed E-state index contributed by atoms with van der Waals surface area (Å²) < 4.78 is 7.13. The van der Waals surface area contributed by atoms with Gasteiger partial charge >= 0.3 is 11.9 Å². The molecule has 0 unspecified atom stereocenters. The molecule has 2 aromatic heterocycles. The van der Waals surface area contributed by atoms with Crippen molar-refractivity contribution in [1.82, 2.24) is 19.7 Å². The van der Waals surface area contributed by atoms with Crippen LogP contribution in [-0.4, -0.2) is 48.9 Å². The fourth-order valence-corrected chi connectivity index (χ4v) is 3.48. The Morgan fingerprint density at radius 1 is 1.24 bits per heavy atom. The van der Waals surface area contributed by atoms with Crippen LogP contribution in [0.2, 0.25) is 0 Å². The molecule has 1 N–H and O–H groups in total. The van der Waals surface area contributed by atoms with Crippen molar-refractivity contribution in [3.63, 3.8) is 0 Å². The molecule has 1 aliphatic heterocycles. The minimum absolute atomic E-state index is 0.0517. The SMILES string of the molecule is CC(C)n1nc(C(=O)O)c2c1[C@@H](C)CN(c1ncc(C(=O)OC(C)(C)C)cn1)C2. The number of aromatic carboxylic acids is 1. The van der Waals surface area contributed by atoms with Gasteiger partial charge in [-0.2, -0.15) is 5.10 Å². The minimum atomic E-state index is -1.05. The Morgan fingerprint density at radius 2 is 1.86 bits per heavy atom. The van der Waals surface area contributed by atoms with Gasteiger partial charge in [-0.25, -0.2) is 19.6 Å². The van der Waals surface area contributed by atoms with Crippen LogP contribution < -0.4 is 4.90 Å². The molecule has 3 rings (SSSR count). The van der Waals surface area contributed by atoms with Gasteiger partial charge in [0.1, 0.15) is 5.60 Å². The van der Waals surface area contributed by atoms with Gasteiger partial charge in [-0.3, -0.25) is 4.68 Å². The normalized spacial score (nSPS) is 16.7. The average Bonchev–Trinajstić information content (AvgIpc) is 3.01. The summed E-state index contributed by atoms with van der Waals surface area (Å²) in [5, 5.41) is 13.9. The van der Waals surface area contributed by atoms with Crippen molar-refractivity contribution in [3.8, 4) is 0 Å². The van der Waals surface area contributed by atoms with Gasteiger partial charge in [0, 0.05) is 42.2 Å². The molecule has 1 aliphatic rings. The summed E-state index contributed by atoms with van der Waals surface area (Å²) in [6.45, 7) is 12.4. The molecule has 9 heteroatoms. The van der Waals surface area contributed by atoms with Crippen LogP contribution in [-0.2, 0) is 11.3 Å². The molecule has 9 nitrogen and oxygen atoms in total. The fourth-order valence-electron chi connectivity index (χ4n) is 3.48. The molecule has 1 atom stereocenters. The van der Waals surface area contributed by atoms with Gasteiger partial charge in [0.15, 0.2) is 5.69 Å². The van der Waals surface area contributed by atoms with E-state index in [2.05, 4.69) is 15.1 Å². The number of aromatic nitrogens is 4. The highest BCUT2D eigenvalue weighted by atomic mass is 16.6. The first-order chi connectivity index (χ1) is 13.5. The zero-order valence-corrected chi connectivity index (χ0v) is 17.6.